The Morgan fingerprint density at radius 2 is 2.10 bits per heavy atom. The first-order valence-electron chi connectivity index (χ1n) is 6.15. The lowest BCUT2D eigenvalue weighted by Gasteiger charge is -2.06. The molecule has 108 valence electrons. The molecule has 0 heterocycles. The van der Waals surface area contributed by atoms with Crippen LogP contribution in [0.2, 0.25) is 5.02 Å². The lowest BCUT2D eigenvalue weighted by atomic mass is 10.2. The summed E-state index contributed by atoms with van der Waals surface area (Å²) in [6.45, 7) is 0.622. The van der Waals surface area contributed by atoms with Crippen LogP contribution in [0.1, 0.15) is 23.2 Å². The number of nitrogens with one attached hydrogen (secondary N) is 1. The summed E-state index contributed by atoms with van der Waals surface area (Å²) in [6.07, 6.45) is 2.26. The van der Waals surface area contributed by atoms with Gasteiger partial charge in [0, 0.05) is 11.4 Å². The third-order valence-corrected chi connectivity index (χ3v) is 4.61. The number of hydrogen-bond acceptors (Lipinski definition) is 3. The Morgan fingerprint density at radius 1 is 1.40 bits per heavy atom. The fourth-order valence-corrected chi connectivity index (χ4v) is 2.82. The molecule has 1 amide bonds. The van der Waals surface area contributed by atoms with E-state index < -0.39 is 16.8 Å². The molecule has 1 unspecified atom stereocenters. The van der Waals surface area contributed by atoms with Gasteiger partial charge in [0.05, 0.1) is 21.4 Å². The van der Waals surface area contributed by atoms with Gasteiger partial charge < -0.3 is 10.4 Å². The number of benzene rings is 1. The number of carbonyl (C=O) groups excluding carboxylic acids is 1. The van der Waals surface area contributed by atoms with Crippen LogP contribution in [0.5, 0.6) is 0 Å². The molecular weight excluding hydrogens is 302 g/mol. The van der Waals surface area contributed by atoms with Crippen LogP contribution >= 0.6 is 11.6 Å². The van der Waals surface area contributed by atoms with E-state index in [1.165, 1.54) is 18.2 Å². The van der Waals surface area contributed by atoms with E-state index in [2.05, 4.69) is 5.32 Å². The summed E-state index contributed by atoms with van der Waals surface area (Å²) in [5.41, 5.74) is -0.115. The second-order valence-electron chi connectivity index (χ2n) is 4.68. The Labute approximate surface area is 123 Å². The van der Waals surface area contributed by atoms with Crippen molar-refractivity contribution in [2.45, 2.75) is 17.7 Å². The van der Waals surface area contributed by atoms with Gasteiger partial charge in [0.25, 0.3) is 0 Å². The summed E-state index contributed by atoms with van der Waals surface area (Å²) in [5, 5.41) is 11.7. The first-order valence-corrected chi connectivity index (χ1v) is 7.85. The van der Waals surface area contributed by atoms with Gasteiger partial charge in [-0.25, -0.2) is 4.79 Å². The van der Waals surface area contributed by atoms with Gasteiger partial charge in [-0.15, -0.1) is 0 Å². The lowest BCUT2D eigenvalue weighted by molar-refractivity contribution is -0.118. The molecule has 7 heteroatoms. The number of carboxylic acid groups (broad SMARTS) is 1. The smallest absolute Gasteiger partial charge is 0.337 e. The molecule has 0 bridgehead atoms. The van der Waals surface area contributed by atoms with Gasteiger partial charge in [-0.3, -0.25) is 9.00 Å². The quantitative estimate of drug-likeness (QED) is 0.836. The number of halogens is 1. The number of carbonyl (C=O) groups is 2. The maximum Gasteiger partial charge on any atom is 0.337 e. The van der Waals surface area contributed by atoms with Gasteiger partial charge in [-0.1, -0.05) is 11.6 Å². The highest BCUT2D eigenvalue weighted by Gasteiger charge is 2.22. The average Bonchev–Trinajstić information content (AvgIpc) is 3.20. The highest BCUT2D eigenvalue weighted by molar-refractivity contribution is 7.85. The van der Waals surface area contributed by atoms with Gasteiger partial charge in [0.15, 0.2) is 0 Å². The highest BCUT2D eigenvalue weighted by Crippen LogP contribution is 2.27. The summed E-state index contributed by atoms with van der Waals surface area (Å²) < 4.78 is 12.0. The van der Waals surface area contributed by atoms with Crippen molar-refractivity contribution in [3.05, 3.63) is 28.8 Å². The topological polar surface area (TPSA) is 83.5 Å². The Morgan fingerprint density at radius 3 is 2.70 bits per heavy atom. The molecule has 2 N–H and O–H groups in total. The van der Waals surface area contributed by atoms with Crippen molar-refractivity contribution in [3.8, 4) is 0 Å². The number of rotatable bonds is 6. The van der Waals surface area contributed by atoms with Crippen LogP contribution in [-0.4, -0.2) is 33.5 Å². The van der Waals surface area contributed by atoms with Gasteiger partial charge in [-0.05, 0) is 37.0 Å². The Bertz CT molecular complexity index is 571. The van der Waals surface area contributed by atoms with Gasteiger partial charge in [0.2, 0.25) is 5.91 Å². The molecule has 5 nitrogen and oxygen atoms in total. The van der Waals surface area contributed by atoms with Crippen LogP contribution < -0.4 is 5.32 Å². The summed E-state index contributed by atoms with van der Waals surface area (Å²) >= 11 is 5.73. The zero-order chi connectivity index (χ0) is 14.7. The van der Waals surface area contributed by atoms with E-state index in [1.807, 2.05) is 0 Å². The first kappa shape index (κ1) is 15.0. The maximum absolute atomic E-state index is 12.0. The molecular formula is C13H14ClNO4S. The molecule has 0 aliphatic heterocycles. The summed E-state index contributed by atoms with van der Waals surface area (Å²) in [5.74, 6) is -1.09. The minimum absolute atomic E-state index is 0.0800. The fourth-order valence-electron chi connectivity index (χ4n) is 1.64. The number of amides is 1. The van der Waals surface area contributed by atoms with E-state index in [-0.39, 0.29) is 27.1 Å². The van der Waals surface area contributed by atoms with Crippen molar-refractivity contribution in [3.63, 3.8) is 0 Å². The molecule has 1 aromatic rings. The van der Waals surface area contributed by atoms with Crippen LogP contribution in [0, 0.1) is 5.92 Å². The molecule has 20 heavy (non-hydrogen) atoms. The van der Waals surface area contributed by atoms with E-state index in [1.54, 1.807) is 0 Å². The van der Waals surface area contributed by atoms with Crippen LogP contribution in [0.4, 0.5) is 0 Å². The van der Waals surface area contributed by atoms with E-state index in [9.17, 15) is 13.8 Å². The van der Waals surface area contributed by atoms with E-state index in [0.717, 1.165) is 12.8 Å². The molecule has 1 atom stereocenters. The summed E-state index contributed by atoms with van der Waals surface area (Å²) in [7, 11) is -1.58. The minimum atomic E-state index is -1.58. The van der Waals surface area contributed by atoms with Gasteiger partial charge >= 0.3 is 5.97 Å². The third-order valence-electron chi connectivity index (χ3n) is 2.98. The van der Waals surface area contributed by atoms with Crippen molar-refractivity contribution in [1.29, 1.82) is 0 Å². The average molecular weight is 316 g/mol. The Balaban J connectivity index is 1.99. The normalized spacial score (nSPS) is 15.7. The standard InChI is InChI=1S/C13H14ClNO4S/c14-11-4-3-9(5-10(11)13(17)18)20(19)7-12(16)15-6-8-1-2-8/h3-5,8H,1-2,6-7H2,(H,15,16)(H,17,18). The molecule has 1 fully saturated rings. The minimum Gasteiger partial charge on any atom is -0.478 e. The largest absolute Gasteiger partial charge is 0.478 e. The summed E-state index contributed by atoms with van der Waals surface area (Å²) in [4.78, 5) is 22.8. The van der Waals surface area contributed by atoms with E-state index >= 15 is 0 Å². The highest BCUT2D eigenvalue weighted by atomic mass is 35.5. The van der Waals surface area contributed by atoms with Crippen LogP contribution in [0.15, 0.2) is 23.1 Å². The van der Waals surface area contributed by atoms with Crippen molar-refractivity contribution >= 4 is 34.3 Å². The third kappa shape index (κ3) is 4.05. The zero-order valence-electron chi connectivity index (χ0n) is 10.6. The number of carboxylic acids is 1. The molecule has 1 aromatic carbocycles. The SMILES string of the molecule is O=C(CS(=O)c1ccc(Cl)c(C(=O)O)c1)NCC1CC1. The van der Waals surface area contributed by atoms with Crippen LogP contribution in [-0.2, 0) is 15.6 Å². The Kier molecular flexibility index (Phi) is 4.77. The predicted molar refractivity (Wildman–Crippen MR) is 75.4 cm³/mol. The van der Waals surface area contributed by atoms with Crippen molar-refractivity contribution in [2.75, 3.05) is 12.3 Å². The Hall–Kier alpha value is -1.40. The van der Waals surface area contributed by atoms with E-state index in [4.69, 9.17) is 16.7 Å². The molecule has 2 rings (SSSR count). The van der Waals surface area contributed by atoms with Gasteiger partial charge in [0.1, 0.15) is 5.75 Å². The van der Waals surface area contributed by atoms with Crippen LogP contribution in [0.3, 0.4) is 0 Å². The number of hydrogen-bond donors (Lipinski definition) is 2. The second kappa shape index (κ2) is 6.37. The van der Waals surface area contributed by atoms with Crippen molar-refractivity contribution in [1.82, 2.24) is 5.32 Å². The van der Waals surface area contributed by atoms with Gasteiger partial charge in [-0.2, -0.15) is 0 Å². The zero-order valence-corrected chi connectivity index (χ0v) is 12.2. The molecule has 0 aromatic heterocycles. The fraction of sp³-hybridized carbons (Fsp3) is 0.385. The lowest BCUT2D eigenvalue weighted by Crippen LogP contribution is -2.30. The molecule has 1 aliphatic rings. The maximum atomic E-state index is 12.0. The van der Waals surface area contributed by atoms with Crippen LogP contribution in [0.25, 0.3) is 0 Å². The molecule has 0 radical (unpaired) electrons. The first-order chi connectivity index (χ1) is 9.47. The second-order valence-corrected chi connectivity index (χ2v) is 6.54. The number of aromatic carboxylic acids is 1. The van der Waals surface area contributed by atoms with Crippen molar-refractivity contribution < 1.29 is 18.9 Å². The van der Waals surface area contributed by atoms with E-state index in [0.29, 0.717) is 12.5 Å². The summed E-state index contributed by atoms with van der Waals surface area (Å²) in [6, 6.07) is 4.09. The predicted octanol–water partition coefficient (Wildman–Crippen LogP) is 1.67. The monoisotopic (exact) mass is 315 g/mol. The molecule has 1 saturated carbocycles. The van der Waals surface area contributed by atoms with Crippen molar-refractivity contribution in [2.24, 2.45) is 5.92 Å². The molecule has 1 aliphatic carbocycles. The molecule has 0 saturated heterocycles. The molecule has 0 spiro atoms.